The van der Waals surface area contributed by atoms with Crippen molar-refractivity contribution in [2.45, 2.75) is 19.9 Å². The van der Waals surface area contributed by atoms with Crippen LogP contribution in [0.15, 0.2) is 28.8 Å². The van der Waals surface area contributed by atoms with E-state index in [1.807, 2.05) is 13.8 Å². The molecule has 1 unspecified atom stereocenters. The van der Waals surface area contributed by atoms with Crippen LogP contribution in [-0.2, 0) is 4.74 Å². The van der Waals surface area contributed by atoms with Crippen LogP contribution in [0, 0.1) is 6.92 Å². The Balaban J connectivity index is 2.23. The highest BCUT2D eigenvalue weighted by Crippen LogP contribution is 2.27. The number of esters is 1. The maximum Gasteiger partial charge on any atom is 0.340 e. The summed E-state index contributed by atoms with van der Waals surface area (Å²) in [6, 6.07) is 4.97. The Labute approximate surface area is 116 Å². The van der Waals surface area contributed by atoms with Crippen molar-refractivity contribution in [3.8, 4) is 0 Å². The number of nitrogen functional groups attached to an aromatic ring is 1. The van der Waals surface area contributed by atoms with Gasteiger partial charge in [-0.3, -0.25) is 0 Å². The minimum atomic E-state index is -0.467. The van der Waals surface area contributed by atoms with E-state index in [0.717, 1.165) is 5.76 Å². The average molecular weight is 275 g/mol. The zero-order valence-electron chi connectivity index (χ0n) is 11.6. The predicted octanol–water partition coefficient (Wildman–Crippen LogP) is 2.52. The molecule has 6 heteroatoms. The highest BCUT2D eigenvalue weighted by Gasteiger charge is 2.16. The van der Waals surface area contributed by atoms with Crippen LogP contribution in [-0.4, -0.2) is 18.1 Å². The zero-order valence-corrected chi connectivity index (χ0v) is 11.6. The second-order valence-electron chi connectivity index (χ2n) is 4.43. The number of hydrogen-bond donors (Lipinski definition) is 2. The number of anilines is 2. The number of ether oxygens (including phenoxy) is 1. The Morgan fingerprint density at radius 1 is 1.50 bits per heavy atom. The summed E-state index contributed by atoms with van der Waals surface area (Å²) in [6.45, 7) is 3.73. The van der Waals surface area contributed by atoms with Gasteiger partial charge in [-0.05, 0) is 26.0 Å². The maximum atomic E-state index is 11.6. The van der Waals surface area contributed by atoms with Gasteiger partial charge in [0, 0.05) is 0 Å². The smallest absolute Gasteiger partial charge is 0.340 e. The number of carbonyl (C=O) groups is 1. The highest BCUT2D eigenvalue weighted by molar-refractivity contribution is 5.98. The minimum Gasteiger partial charge on any atom is -0.465 e. The number of aromatic nitrogens is 1. The topological polar surface area (TPSA) is 90.4 Å². The highest BCUT2D eigenvalue weighted by atomic mass is 16.5. The molecule has 6 nitrogen and oxygen atoms in total. The normalized spacial score (nSPS) is 11.9. The number of hydrogen-bond acceptors (Lipinski definition) is 6. The summed E-state index contributed by atoms with van der Waals surface area (Å²) < 4.78 is 10.1. The molecule has 2 rings (SSSR count). The van der Waals surface area contributed by atoms with Gasteiger partial charge in [-0.25, -0.2) is 9.78 Å². The molecule has 1 heterocycles. The molecule has 3 N–H and O–H groups in total. The van der Waals surface area contributed by atoms with Crippen LogP contribution < -0.4 is 11.1 Å². The van der Waals surface area contributed by atoms with Gasteiger partial charge in [0.1, 0.15) is 11.8 Å². The van der Waals surface area contributed by atoms with Gasteiger partial charge in [-0.2, -0.15) is 0 Å². The summed E-state index contributed by atoms with van der Waals surface area (Å²) in [6.07, 6.45) is 1.65. The van der Waals surface area contributed by atoms with Gasteiger partial charge in [0.15, 0.2) is 0 Å². The lowest BCUT2D eigenvalue weighted by Crippen LogP contribution is -2.12. The van der Waals surface area contributed by atoms with Crippen LogP contribution in [0.4, 0.5) is 11.4 Å². The number of aryl methyl sites for hydroxylation is 1. The van der Waals surface area contributed by atoms with Gasteiger partial charge >= 0.3 is 5.97 Å². The van der Waals surface area contributed by atoms with Gasteiger partial charge in [-0.15, -0.1) is 0 Å². The van der Waals surface area contributed by atoms with Crippen molar-refractivity contribution in [1.82, 2.24) is 4.98 Å². The van der Waals surface area contributed by atoms with Gasteiger partial charge in [0.25, 0.3) is 0 Å². The van der Waals surface area contributed by atoms with Crippen molar-refractivity contribution >= 4 is 17.3 Å². The molecule has 2 aromatic rings. The van der Waals surface area contributed by atoms with E-state index in [1.165, 1.54) is 7.11 Å². The molecule has 0 radical (unpaired) electrons. The fourth-order valence-corrected chi connectivity index (χ4v) is 1.85. The molecule has 0 aliphatic heterocycles. The fraction of sp³-hybridized carbons (Fsp3) is 0.286. The number of nitrogens with zero attached hydrogens (tertiary/aromatic N) is 1. The molecule has 0 fully saturated rings. The number of rotatable bonds is 4. The Morgan fingerprint density at radius 2 is 2.25 bits per heavy atom. The summed E-state index contributed by atoms with van der Waals surface area (Å²) in [5, 5.41) is 3.17. The molecule has 0 saturated carbocycles. The van der Waals surface area contributed by atoms with Crippen LogP contribution in [0.2, 0.25) is 0 Å². The van der Waals surface area contributed by atoms with E-state index in [2.05, 4.69) is 15.0 Å². The van der Waals surface area contributed by atoms with E-state index >= 15 is 0 Å². The maximum absolute atomic E-state index is 11.6. The first-order valence-corrected chi connectivity index (χ1v) is 6.18. The van der Waals surface area contributed by atoms with Crippen LogP contribution in [0.3, 0.4) is 0 Å². The molecule has 1 aromatic carbocycles. The quantitative estimate of drug-likeness (QED) is 0.658. The lowest BCUT2D eigenvalue weighted by molar-refractivity contribution is 0.0602. The summed E-state index contributed by atoms with van der Waals surface area (Å²) in [5.41, 5.74) is 7.28. The molecule has 0 saturated heterocycles. The fourth-order valence-electron chi connectivity index (χ4n) is 1.85. The Hall–Kier alpha value is -2.50. The van der Waals surface area contributed by atoms with Crippen LogP contribution in [0.25, 0.3) is 0 Å². The molecule has 1 aromatic heterocycles. The number of nitrogens with two attached hydrogens (primary N) is 1. The second-order valence-corrected chi connectivity index (χ2v) is 4.43. The Morgan fingerprint density at radius 3 is 2.85 bits per heavy atom. The zero-order chi connectivity index (χ0) is 14.7. The van der Waals surface area contributed by atoms with Crippen molar-refractivity contribution < 1.29 is 13.9 Å². The van der Waals surface area contributed by atoms with Gasteiger partial charge in [-0.1, -0.05) is 6.07 Å². The molecular weight excluding hydrogens is 258 g/mol. The largest absolute Gasteiger partial charge is 0.465 e. The van der Waals surface area contributed by atoms with E-state index < -0.39 is 5.97 Å². The summed E-state index contributed by atoms with van der Waals surface area (Å²) in [5.74, 6) is 0.834. The van der Waals surface area contributed by atoms with Crippen molar-refractivity contribution in [2.24, 2.45) is 0 Å². The monoisotopic (exact) mass is 275 g/mol. The van der Waals surface area contributed by atoms with E-state index in [1.54, 1.807) is 24.4 Å². The number of benzene rings is 1. The third-order valence-electron chi connectivity index (χ3n) is 2.89. The predicted molar refractivity (Wildman–Crippen MR) is 75.5 cm³/mol. The van der Waals surface area contributed by atoms with E-state index in [-0.39, 0.29) is 6.04 Å². The van der Waals surface area contributed by atoms with Gasteiger partial charge in [0.2, 0.25) is 5.89 Å². The number of oxazole rings is 1. The second kappa shape index (κ2) is 5.64. The summed E-state index contributed by atoms with van der Waals surface area (Å²) in [4.78, 5) is 15.7. The molecule has 0 aliphatic rings. The van der Waals surface area contributed by atoms with Crippen LogP contribution in [0.1, 0.15) is 35.0 Å². The first kappa shape index (κ1) is 13.9. The Bertz CT molecular complexity index is 622. The third-order valence-corrected chi connectivity index (χ3v) is 2.89. The summed E-state index contributed by atoms with van der Waals surface area (Å²) in [7, 11) is 1.32. The minimum absolute atomic E-state index is 0.168. The molecule has 0 aliphatic carbocycles. The van der Waals surface area contributed by atoms with Crippen molar-refractivity contribution in [3.05, 3.63) is 41.6 Å². The van der Waals surface area contributed by atoms with E-state index in [0.29, 0.717) is 22.8 Å². The van der Waals surface area contributed by atoms with Crippen molar-refractivity contribution in [3.63, 3.8) is 0 Å². The summed E-state index contributed by atoms with van der Waals surface area (Å²) >= 11 is 0. The number of para-hydroxylation sites is 1. The van der Waals surface area contributed by atoms with Gasteiger partial charge < -0.3 is 20.2 Å². The van der Waals surface area contributed by atoms with E-state index in [9.17, 15) is 4.79 Å². The molecular formula is C14H17N3O3. The number of carbonyl (C=O) groups excluding carboxylic acids is 1. The standard InChI is InChI=1S/C14H17N3O3/c1-8-7-16-13(20-8)9(2)17-11-6-4-5-10(12(11)15)14(18)19-3/h4-7,9,17H,15H2,1-3H3. The first-order chi connectivity index (χ1) is 9.52. The Kier molecular flexibility index (Phi) is 3.93. The molecule has 106 valence electrons. The van der Waals surface area contributed by atoms with Crippen LogP contribution in [0.5, 0.6) is 0 Å². The number of methoxy groups -OCH3 is 1. The number of nitrogens with one attached hydrogen (secondary N) is 1. The molecule has 20 heavy (non-hydrogen) atoms. The molecule has 0 spiro atoms. The lowest BCUT2D eigenvalue weighted by atomic mass is 10.1. The van der Waals surface area contributed by atoms with Crippen molar-refractivity contribution in [1.29, 1.82) is 0 Å². The first-order valence-electron chi connectivity index (χ1n) is 6.18. The molecule has 0 bridgehead atoms. The molecule has 1 atom stereocenters. The average Bonchev–Trinajstić information content (AvgIpc) is 2.87. The molecule has 0 amide bonds. The SMILES string of the molecule is COC(=O)c1cccc(NC(C)c2ncc(C)o2)c1N. The third kappa shape index (κ3) is 2.74. The van der Waals surface area contributed by atoms with Crippen molar-refractivity contribution in [2.75, 3.05) is 18.2 Å². The van der Waals surface area contributed by atoms with E-state index in [4.69, 9.17) is 10.2 Å². The van der Waals surface area contributed by atoms with Crippen LogP contribution >= 0.6 is 0 Å². The lowest BCUT2D eigenvalue weighted by Gasteiger charge is -2.15. The van der Waals surface area contributed by atoms with Gasteiger partial charge in [0.05, 0.1) is 30.2 Å².